The summed E-state index contributed by atoms with van der Waals surface area (Å²) < 4.78 is 2.93. The third-order valence-corrected chi connectivity index (χ3v) is 5.38. The standard InChI is InChI=1S/C20H14BrN3O2S/c21-13-7-9-14(10-8-13)24-11-3-4-15(24)12-18(19(25)26)27-20-22-16-5-1-2-6-17(16)23-20/h1-12H,(H,22,23)(H,25,26)/b18-12-. The average molecular weight is 440 g/mol. The lowest BCUT2D eigenvalue weighted by Crippen LogP contribution is -2.00. The Hall–Kier alpha value is -2.77. The van der Waals surface area contributed by atoms with Crippen molar-refractivity contribution in [1.29, 1.82) is 0 Å². The van der Waals surface area contributed by atoms with Gasteiger partial charge in [0.1, 0.15) is 4.91 Å². The Morgan fingerprint density at radius 1 is 1.11 bits per heavy atom. The highest BCUT2D eigenvalue weighted by atomic mass is 79.9. The van der Waals surface area contributed by atoms with E-state index in [0.29, 0.717) is 5.16 Å². The number of H-pyrrole nitrogens is 1. The Morgan fingerprint density at radius 3 is 2.63 bits per heavy atom. The molecule has 134 valence electrons. The van der Waals surface area contributed by atoms with Crippen molar-refractivity contribution in [3.63, 3.8) is 0 Å². The summed E-state index contributed by atoms with van der Waals surface area (Å²) in [5.74, 6) is -0.996. The van der Waals surface area contributed by atoms with Gasteiger partial charge in [-0.2, -0.15) is 0 Å². The molecule has 4 aromatic rings. The number of rotatable bonds is 5. The molecule has 2 aromatic carbocycles. The topological polar surface area (TPSA) is 70.9 Å². The molecule has 0 fully saturated rings. The number of imidazole rings is 1. The van der Waals surface area contributed by atoms with Gasteiger partial charge in [0.2, 0.25) is 0 Å². The van der Waals surface area contributed by atoms with Crippen LogP contribution in [0, 0.1) is 0 Å². The largest absolute Gasteiger partial charge is 0.477 e. The molecule has 0 saturated heterocycles. The zero-order chi connectivity index (χ0) is 18.8. The van der Waals surface area contributed by atoms with Crippen LogP contribution in [0.2, 0.25) is 0 Å². The monoisotopic (exact) mass is 439 g/mol. The van der Waals surface area contributed by atoms with Gasteiger partial charge in [0, 0.05) is 22.1 Å². The number of nitrogens with one attached hydrogen (secondary N) is 1. The van der Waals surface area contributed by atoms with Crippen LogP contribution in [0.3, 0.4) is 0 Å². The lowest BCUT2D eigenvalue weighted by molar-refractivity contribution is -0.131. The Balaban J connectivity index is 1.68. The number of benzene rings is 2. The summed E-state index contributed by atoms with van der Waals surface area (Å²) in [5.41, 5.74) is 3.41. The molecule has 0 atom stereocenters. The number of aromatic amines is 1. The van der Waals surface area contributed by atoms with Crippen LogP contribution in [0.15, 0.2) is 81.4 Å². The third kappa shape index (κ3) is 3.84. The SMILES string of the molecule is O=C(O)/C(=C/c1cccn1-c1ccc(Br)cc1)Sc1nc2ccccc2[nH]1. The molecule has 2 aromatic heterocycles. The molecule has 0 aliphatic heterocycles. The van der Waals surface area contributed by atoms with Gasteiger partial charge in [0.15, 0.2) is 5.16 Å². The predicted molar refractivity (Wildman–Crippen MR) is 111 cm³/mol. The fourth-order valence-electron chi connectivity index (χ4n) is 2.70. The maximum atomic E-state index is 11.8. The van der Waals surface area contributed by atoms with Gasteiger partial charge in [0.05, 0.1) is 11.0 Å². The zero-order valence-electron chi connectivity index (χ0n) is 14.0. The van der Waals surface area contributed by atoms with E-state index in [0.717, 1.165) is 38.6 Å². The normalized spacial score (nSPS) is 11.8. The van der Waals surface area contributed by atoms with E-state index in [4.69, 9.17) is 0 Å². The lowest BCUT2D eigenvalue weighted by atomic mass is 10.3. The second-order valence-corrected chi connectivity index (χ2v) is 7.70. The fraction of sp³-hybridized carbons (Fsp3) is 0. The molecular formula is C20H14BrN3O2S. The molecule has 0 aliphatic rings. The first-order chi connectivity index (χ1) is 13.1. The summed E-state index contributed by atoms with van der Waals surface area (Å²) in [4.78, 5) is 19.6. The van der Waals surface area contributed by atoms with E-state index in [2.05, 4.69) is 25.9 Å². The van der Waals surface area contributed by atoms with Crippen LogP contribution in [-0.2, 0) is 4.79 Å². The first-order valence-electron chi connectivity index (χ1n) is 8.11. The second-order valence-electron chi connectivity index (χ2n) is 5.75. The second kappa shape index (κ2) is 7.46. The molecule has 7 heteroatoms. The Morgan fingerprint density at radius 2 is 1.89 bits per heavy atom. The van der Waals surface area contributed by atoms with E-state index in [-0.39, 0.29) is 4.91 Å². The highest BCUT2D eigenvalue weighted by Crippen LogP contribution is 2.29. The number of carboxylic acids is 1. The summed E-state index contributed by atoms with van der Waals surface area (Å²) in [7, 11) is 0. The minimum atomic E-state index is -0.996. The molecule has 0 aliphatic carbocycles. The number of fused-ring (bicyclic) bond motifs is 1. The van der Waals surface area contributed by atoms with Crippen LogP contribution >= 0.6 is 27.7 Å². The number of nitrogens with zero attached hydrogens (tertiary/aromatic N) is 2. The van der Waals surface area contributed by atoms with Gasteiger partial charge < -0.3 is 14.7 Å². The molecule has 5 nitrogen and oxygen atoms in total. The number of carboxylic acid groups (broad SMARTS) is 1. The van der Waals surface area contributed by atoms with E-state index in [1.165, 1.54) is 0 Å². The highest BCUT2D eigenvalue weighted by Gasteiger charge is 2.14. The first kappa shape index (κ1) is 17.6. The van der Waals surface area contributed by atoms with Crippen molar-refractivity contribution in [3.8, 4) is 5.69 Å². The zero-order valence-corrected chi connectivity index (χ0v) is 16.4. The van der Waals surface area contributed by atoms with Crippen LogP contribution in [0.1, 0.15) is 5.69 Å². The van der Waals surface area contributed by atoms with Crippen LogP contribution < -0.4 is 0 Å². The van der Waals surface area contributed by atoms with Gasteiger partial charge in [-0.25, -0.2) is 9.78 Å². The number of hydrogen-bond acceptors (Lipinski definition) is 3. The Kier molecular flexibility index (Phi) is 4.87. The molecule has 0 amide bonds. The number of carbonyl (C=O) groups is 1. The van der Waals surface area contributed by atoms with Crippen LogP contribution in [0.25, 0.3) is 22.8 Å². The Labute approximate surface area is 167 Å². The van der Waals surface area contributed by atoms with E-state index in [9.17, 15) is 9.90 Å². The third-order valence-electron chi connectivity index (χ3n) is 3.95. The highest BCUT2D eigenvalue weighted by molar-refractivity contribution is 9.10. The van der Waals surface area contributed by atoms with Crippen molar-refractivity contribution in [2.75, 3.05) is 0 Å². The lowest BCUT2D eigenvalue weighted by Gasteiger charge is -2.07. The van der Waals surface area contributed by atoms with Crippen molar-refractivity contribution >= 4 is 50.8 Å². The van der Waals surface area contributed by atoms with Crippen molar-refractivity contribution in [1.82, 2.24) is 14.5 Å². The van der Waals surface area contributed by atoms with Crippen LogP contribution in [0.5, 0.6) is 0 Å². The van der Waals surface area contributed by atoms with Crippen LogP contribution in [-0.4, -0.2) is 25.6 Å². The maximum absolute atomic E-state index is 11.8. The molecule has 0 bridgehead atoms. The van der Waals surface area contributed by atoms with Crippen molar-refractivity contribution in [2.45, 2.75) is 5.16 Å². The summed E-state index contributed by atoms with van der Waals surface area (Å²) in [6.07, 6.45) is 3.56. The molecule has 2 N–H and O–H groups in total. The summed E-state index contributed by atoms with van der Waals surface area (Å²) >= 11 is 4.53. The molecule has 0 radical (unpaired) electrons. The van der Waals surface area contributed by atoms with Gasteiger partial charge in [-0.3, -0.25) is 0 Å². The molecule has 0 spiro atoms. The summed E-state index contributed by atoms with van der Waals surface area (Å²) in [6, 6.07) is 19.2. The van der Waals surface area contributed by atoms with E-state index in [1.54, 1.807) is 6.08 Å². The number of thioether (sulfide) groups is 1. The van der Waals surface area contributed by atoms with Crippen LogP contribution in [0.4, 0.5) is 0 Å². The van der Waals surface area contributed by atoms with Gasteiger partial charge in [-0.1, -0.05) is 28.1 Å². The van der Waals surface area contributed by atoms with Crippen molar-refractivity contribution in [2.24, 2.45) is 0 Å². The van der Waals surface area contributed by atoms with Gasteiger partial charge >= 0.3 is 5.97 Å². The fourth-order valence-corrected chi connectivity index (χ4v) is 3.74. The molecule has 0 unspecified atom stereocenters. The summed E-state index contributed by atoms with van der Waals surface area (Å²) in [5, 5.41) is 10.2. The number of halogens is 1. The Bertz CT molecular complexity index is 1110. The van der Waals surface area contributed by atoms with E-state index in [1.807, 2.05) is 71.4 Å². The predicted octanol–water partition coefficient (Wildman–Crippen LogP) is 5.33. The maximum Gasteiger partial charge on any atom is 0.342 e. The van der Waals surface area contributed by atoms with Crippen molar-refractivity contribution in [3.05, 3.63) is 81.9 Å². The van der Waals surface area contributed by atoms with Gasteiger partial charge in [-0.15, -0.1) is 0 Å². The minimum Gasteiger partial charge on any atom is -0.477 e. The molecular weight excluding hydrogens is 426 g/mol. The minimum absolute atomic E-state index is 0.186. The van der Waals surface area contributed by atoms with E-state index >= 15 is 0 Å². The molecule has 2 heterocycles. The number of hydrogen-bond donors (Lipinski definition) is 2. The molecule has 0 saturated carbocycles. The average Bonchev–Trinajstić information content (AvgIpc) is 3.28. The molecule has 27 heavy (non-hydrogen) atoms. The van der Waals surface area contributed by atoms with Gasteiger partial charge in [-0.05, 0) is 66.4 Å². The quantitative estimate of drug-likeness (QED) is 0.325. The number of aliphatic carboxylic acids is 1. The van der Waals surface area contributed by atoms with Crippen molar-refractivity contribution < 1.29 is 9.90 Å². The first-order valence-corrected chi connectivity index (χ1v) is 9.72. The molecule has 4 rings (SSSR count). The number of para-hydroxylation sites is 2. The van der Waals surface area contributed by atoms with Gasteiger partial charge in [0.25, 0.3) is 0 Å². The van der Waals surface area contributed by atoms with E-state index < -0.39 is 5.97 Å². The summed E-state index contributed by atoms with van der Waals surface area (Å²) in [6.45, 7) is 0. The smallest absolute Gasteiger partial charge is 0.342 e. The number of aromatic nitrogens is 3.